The summed E-state index contributed by atoms with van der Waals surface area (Å²) in [6.45, 7) is 7.42. The van der Waals surface area contributed by atoms with Gasteiger partial charge in [-0.3, -0.25) is 4.90 Å². The molecule has 1 saturated carbocycles. The van der Waals surface area contributed by atoms with Crippen LogP contribution in [0.2, 0.25) is 0 Å². The Labute approximate surface area is 111 Å². The van der Waals surface area contributed by atoms with E-state index in [1.54, 1.807) is 0 Å². The van der Waals surface area contributed by atoms with Crippen molar-refractivity contribution in [1.29, 1.82) is 0 Å². The zero-order valence-corrected chi connectivity index (χ0v) is 11.7. The minimum absolute atomic E-state index is 0.385. The topological polar surface area (TPSA) is 29.3 Å². The monoisotopic (exact) mass is 246 g/mol. The molecule has 0 aliphatic heterocycles. The molecular formula is C16H26N2. The Bertz CT molecular complexity index is 371. The van der Waals surface area contributed by atoms with Gasteiger partial charge in [-0.15, -0.1) is 0 Å². The Morgan fingerprint density at radius 2 is 2.17 bits per heavy atom. The third-order valence-corrected chi connectivity index (χ3v) is 4.21. The highest BCUT2D eigenvalue weighted by Gasteiger charge is 2.24. The third-order valence-electron chi connectivity index (χ3n) is 4.21. The number of nitrogens with zero attached hydrogens (tertiary/aromatic N) is 1. The molecule has 1 aliphatic carbocycles. The fourth-order valence-corrected chi connectivity index (χ4v) is 2.86. The van der Waals surface area contributed by atoms with Crippen molar-refractivity contribution in [2.45, 2.75) is 39.2 Å². The molecule has 1 fully saturated rings. The smallest absolute Gasteiger partial charge is 0.0470 e. The van der Waals surface area contributed by atoms with Crippen molar-refractivity contribution < 1.29 is 0 Å². The molecule has 0 bridgehead atoms. The largest absolute Gasteiger partial charge is 0.329 e. The van der Waals surface area contributed by atoms with Crippen LogP contribution in [0.15, 0.2) is 24.3 Å². The standard InChI is InChI=1S/C16H26N2/c1-3-18(12-14-7-5-8-14)16(11-17)15-9-4-6-13(2)10-15/h4,6,9-10,14,16H,3,5,7-8,11-12,17H2,1-2H3. The van der Waals surface area contributed by atoms with Gasteiger partial charge >= 0.3 is 0 Å². The molecule has 1 aromatic carbocycles. The maximum Gasteiger partial charge on any atom is 0.0470 e. The van der Waals surface area contributed by atoms with E-state index in [2.05, 4.69) is 43.0 Å². The van der Waals surface area contributed by atoms with Gasteiger partial charge in [0.1, 0.15) is 0 Å². The Morgan fingerprint density at radius 1 is 1.39 bits per heavy atom. The van der Waals surface area contributed by atoms with Gasteiger partial charge in [0.05, 0.1) is 0 Å². The molecule has 1 aliphatic rings. The first kappa shape index (κ1) is 13.6. The highest BCUT2D eigenvalue weighted by molar-refractivity contribution is 5.25. The van der Waals surface area contributed by atoms with E-state index in [1.807, 2.05) is 0 Å². The van der Waals surface area contributed by atoms with Crippen molar-refractivity contribution >= 4 is 0 Å². The Kier molecular flexibility index (Phi) is 4.79. The van der Waals surface area contributed by atoms with Crippen molar-refractivity contribution in [3.8, 4) is 0 Å². The van der Waals surface area contributed by atoms with E-state index in [1.165, 1.54) is 36.9 Å². The van der Waals surface area contributed by atoms with Crippen molar-refractivity contribution in [3.63, 3.8) is 0 Å². The highest BCUT2D eigenvalue weighted by Crippen LogP contribution is 2.30. The lowest BCUT2D eigenvalue weighted by Gasteiger charge is -2.36. The van der Waals surface area contributed by atoms with E-state index in [-0.39, 0.29) is 0 Å². The van der Waals surface area contributed by atoms with Crippen LogP contribution in [0.4, 0.5) is 0 Å². The lowest BCUT2D eigenvalue weighted by Crippen LogP contribution is -2.38. The van der Waals surface area contributed by atoms with Crippen LogP contribution in [0.5, 0.6) is 0 Å². The Balaban J connectivity index is 2.09. The van der Waals surface area contributed by atoms with Gasteiger partial charge in [0.25, 0.3) is 0 Å². The Hall–Kier alpha value is -0.860. The molecular weight excluding hydrogens is 220 g/mol. The SMILES string of the molecule is CCN(CC1CCC1)C(CN)c1cccc(C)c1. The van der Waals surface area contributed by atoms with Gasteiger partial charge < -0.3 is 5.73 Å². The van der Waals surface area contributed by atoms with E-state index < -0.39 is 0 Å². The number of aryl methyl sites for hydroxylation is 1. The maximum absolute atomic E-state index is 6.02. The summed E-state index contributed by atoms with van der Waals surface area (Å²) < 4.78 is 0. The lowest BCUT2D eigenvalue weighted by atomic mass is 9.84. The number of rotatable bonds is 6. The molecule has 0 radical (unpaired) electrons. The van der Waals surface area contributed by atoms with Crippen molar-refractivity contribution in [2.75, 3.05) is 19.6 Å². The predicted molar refractivity (Wildman–Crippen MR) is 77.6 cm³/mol. The van der Waals surface area contributed by atoms with Crippen LogP contribution in [-0.2, 0) is 0 Å². The fourth-order valence-electron chi connectivity index (χ4n) is 2.86. The molecule has 0 saturated heterocycles. The molecule has 1 unspecified atom stereocenters. The van der Waals surface area contributed by atoms with Crippen LogP contribution in [-0.4, -0.2) is 24.5 Å². The number of hydrogen-bond donors (Lipinski definition) is 1. The molecule has 2 N–H and O–H groups in total. The lowest BCUT2D eigenvalue weighted by molar-refractivity contribution is 0.141. The van der Waals surface area contributed by atoms with E-state index in [4.69, 9.17) is 5.73 Å². The van der Waals surface area contributed by atoms with Crippen molar-refractivity contribution in [2.24, 2.45) is 11.7 Å². The number of likely N-dealkylation sites (N-methyl/N-ethyl adjacent to an activating group) is 1. The van der Waals surface area contributed by atoms with Crippen molar-refractivity contribution in [3.05, 3.63) is 35.4 Å². The first-order chi connectivity index (χ1) is 8.74. The minimum Gasteiger partial charge on any atom is -0.329 e. The molecule has 1 aromatic rings. The van der Waals surface area contributed by atoms with Crippen LogP contribution in [0.25, 0.3) is 0 Å². The molecule has 0 heterocycles. The minimum atomic E-state index is 0.385. The van der Waals surface area contributed by atoms with Gasteiger partial charge in [0.15, 0.2) is 0 Å². The van der Waals surface area contributed by atoms with Crippen LogP contribution >= 0.6 is 0 Å². The summed E-state index contributed by atoms with van der Waals surface area (Å²) in [4.78, 5) is 2.55. The molecule has 0 spiro atoms. The van der Waals surface area contributed by atoms with Crippen LogP contribution < -0.4 is 5.73 Å². The summed E-state index contributed by atoms with van der Waals surface area (Å²) in [5.41, 5.74) is 8.72. The predicted octanol–water partition coefficient (Wildman–Crippen LogP) is 3.12. The maximum atomic E-state index is 6.02. The quantitative estimate of drug-likeness (QED) is 0.835. The summed E-state index contributed by atoms with van der Waals surface area (Å²) >= 11 is 0. The third kappa shape index (κ3) is 3.12. The summed E-state index contributed by atoms with van der Waals surface area (Å²) in [6, 6.07) is 9.18. The van der Waals surface area contributed by atoms with Gasteiger partial charge in [-0.05, 0) is 37.8 Å². The van der Waals surface area contributed by atoms with E-state index in [0.29, 0.717) is 12.6 Å². The van der Waals surface area contributed by atoms with Crippen LogP contribution in [0.3, 0.4) is 0 Å². The molecule has 0 aromatic heterocycles. The summed E-state index contributed by atoms with van der Waals surface area (Å²) in [5.74, 6) is 0.906. The van der Waals surface area contributed by atoms with Crippen molar-refractivity contribution in [1.82, 2.24) is 4.90 Å². The van der Waals surface area contributed by atoms with E-state index in [0.717, 1.165) is 12.5 Å². The zero-order chi connectivity index (χ0) is 13.0. The van der Waals surface area contributed by atoms with Gasteiger partial charge in [-0.2, -0.15) is 0 Å². The average molecular weight is 246 g/mol. The molecule has 1 atom stereocenters. The molecule has 2 heteroatoms. The van der Waals surface area contributed by atoms with Crippen LogP contribution in [0.1, 0.15) is 43.4 Å². The molecule has 0 amide bonds. The Morgan fingerprint density at radius 3 is 2.67 bits per heavy atom. The van der Waals surface area contributed by atoms with E-state index >= 15 is 0 Å². The molecule has 2 rings (SSSR count). The number of benzene rings is 1. The molecule has 2 nitrogen and oxygen atoms in total. The first-order valence-electron chi connectivity index (χ1n) is 7.25. The average Bonchev–Trinajstić information content (AvgIpc) is 2.32. The fraction of sp³-hybridized carbons (Fsp3) is 0.625. The summed E-state index contributed by atoms with van der Waals surface area (Å²) in [7, 11) is 0. The summed E-state index contributed by atoms with van der Waals surface area (Å²) in [6.07, 6.45) is 4.23. The second kappa shape index (κ2) is 6.35. The number of hydrogen-bond acceptors (Lipinski definition) is 2. The van der Waals surface area contributed by atoms with E-state index in [9.17, 15) is 0 Å². The second-order valence-corrected chi connectivity index (χ2v) is 5.55. The first-order valence-corrected chi connectivity index (χ1v) is 7.25. The molecule has 100 valence electrons. The highest BCUT2D eigenvalue weighted by atomic mass is 15.2. The second-order valence-electron chi connectivity index (χ2n) is 5.55. The van der Waals surface area contributed by atoms with Gasteiger partial charge in [0, 0.05) is 19.1 Å². The van der Waals surface area contributed by atoms with Gasteiger partial charge in [0.2, 0.25) is 0 Å². The zero-order valence-electron chi connectivity index (χ0n) is 11.7. The molecule has 18 heavy (non-hydrogen) atoms. The van der Waals surface area contributed by atoms with Crippen LogP contribution in [0, 0.1) is 12.8 Å². The summed E-state index contributed by atoms with van der Waals surface area (Å²) in [5, 5.41) is 0. The number of nitrogens with two attached hydrogens (primary N) is 1. The normalized spacial score (nSPS) is 17.8. The van der Waals surface area contributed by atoms with Gasteiger partial charge in [-0.1, -0.05) is 43.2 Å². The van der Waals surface area contributed by atoms with Gasteiger partial charge in [-0.25, -0.2) is 0 Å².